The molecule has 5 rings (SSSR count). The molecule has 0 unspecified atom stereocenters. The van der Waals surface area contributed by atoms with Gasteiger partial charge in [-0.25, -0.2) is 4.52 Å². The molecule has 0 saturated carbocycles. The van der Waals surface area contributed by atoms with E-state index in [1.807, 2.05) is 0 Å². The normalized spacial score (nSPS) is 14.0. The van der Waals surface area contributed by atoms with Crippen LogP contribution in [0, 0.1) is 0 Å². The lowest BCUT2D eigenvalue weighted by molar-refractivity contribution is 0.645. The molecule has 0 atom stereocenters. The van der Waals surface area contributed by atoms with Gasteiger partial charge in [0, 0.05) is 33.9 Å². The third-order valence-electron chi connectivity index (χ3n) is 5.00. The van der Waals surface area contributed by atoms with Crippen molar-refractivity contribution in [1.29, 1.82) is 0 Å². The Morgan fingerprint density at radius 1 is 0.920 bits per heavy atom. The number of hydrogen-bond donors (Lipinski definition) is 0. The van der Waals surface area contributed by atoms with E-state index in [0.29, 0.717) is 0 Å². The van der Waals surface area contributed by atoms with Crippen LogP contribution in [0.5, 0.6) is 0 Å². The molecule has 0 amide bonds. The van der Waals surface area contributed by atoms with Gasteiger partial charge < -0.3 is 4.57 Å². The molecule has 0 fully saturated rings. The standard InChI is InChI=1S/C21H18BrN3/c22-17-10-6-9-16(13-17)20-23-25-14-19(15-7-2-1-3-8-15)18-11-4-5-12-24(20)21(18)25/h1-3,6-10,13-14H,4-5,11-12H2. The number of benzene rings is 2. The van der Waals surface area contributed by atoms with Gasteiger partial charge in [-0.05, 0) is 37.0 Å². The maximum Gasteiger partial charge on any atom is 0.162 e. The number of hydrogen-bond acceptors (Lipinski definition) is 1. The molecule has 0 bridgehead atoms. The minimum atomic E-state index is 1.02. The van der Waals surface area contributed by atoms with Gasteiger partial charge in [-0.15, -0.1) is 5.10 Å². The molecule has 1 aliphatic rings. The first-order valence-corrected chi connectivity index (χ1v) is 9.53. The minimum absolute atomic E-state index is 1.02. The van der Waals surface area contributed by atoms with Crippen LogP contribution in [0.4, 0.5) is 0 Å². The van der Waals surface area contributed by atoms with E-state index in [1.54, 1.807) is 0 Å². The summed E-state index contributed by atoms with van der Waals surface area (Å²) in [6, 6.07) is 19.1. The number of halogens is 1. The van der Waals surface area contributed by atoms with E-state index < -0.39 is 0 Å². The highest BCUT2D eigenvalue weighted by Gasteiger charge is 2.22. The van der Waals surface area contributed by atoms with Crippen molar-refractivity contribution in [2.45, 2.75) is 25.8 Å². The third kappa shape index (κ3) is 2.44. The smallest absolute Gasteiger partial charge is 0.162 e. The Bertz CT molecular complexity index is 1060. The number of aryl methyl sites for hydroxylation is 2. The minimum Gasteiger partial charge on any atom is -0.309 e. The zero-order chi connectivity index (χ0) is 16.8. The summed E-state index contributed by atoms with van der Waals surface area (Å²) in [6.45, 7) is 1.02. The maximum atomic E-state index is 4.94. The third-order valence-corrected chi connectivity index (χ3v) is 5.50. The van der Waals surface area contributed by atoms with Crippen molar-refractivity contribution in [3.05, 3.63) is 70.8 Å². The molecule has 0 radical (unpaired) electrons. The van der Waals surface area contributed by atoms with Crippen molar-refractivity contribution >= 4 is 21.6 Å². The van der Waals surface area contributed by atoms with Crippen molar-refractivity contribution in [3.63, 3.8) is 0 Å². The molecule has 1 aliphatic heterocycles. The molecular formula is C21H18BrN3. The van der Waals surface area contributed by atoms with Gasteiger partial charge in [0.05, 0.1) is 0 Å². The second-order valence-electron chi connectivity index (χ2n) is 6.60. The van der Waals surface area contributed by atoms with Gasteiger partial charge in [-0.1, -0.05) is 58.4 Å². The lowest BCUT2D eigenvalue weighted by Gasteiger charge is -2.07. The predicted octanol–water partition coefficient (Wildman–Crippen LogP) is 5.57. The Balaban J connectivity index is 1.76. The van der Waals surface area contributed by atoms with Gasteiger partial charge in [-0.3, -0.25) is 0 Å². The summed E-state index contributed by atoms with van der Waals surface area (Å²) in [5.74, 6) is 1.05. The van der Waals surface area contributed by atoms with Crippen LogP contribution in [-0.4, -0.2) is 14.2 Å². The van der Waals surface area contributed by atoms with Crippen molar-refractivity contribution < 1.29 is 0 Å². The zero-order valence-corrected chi connectivity index (χ0v) is 15.4. The highest BCUT2D eigenvalue weighted by atomic mass is 79.9. The molecule has 2 aromatic heterocycles. The molecule has 124 valence electrons. The fourth-order valence-electron chi connectivity index (χ4n) is 3.88. The average molecular weight is 392 g/mol. The topological polar surface area (TPSA) is 22.2 Å². The lowest BCUT2D eigenvalue weighted by atomic mass is 10.0. The Labute approximate surface area is 155 Å². The maximum absolute atomic E-state index is 4.94. The predicted molar refractivity (Wildman–Crippen MR) is 105 cm³/mol. The summed E-state index contributed by atoms with van der Waals surface area (Å²) >= 11 is 3.58. The molecule has 0 N–H and O–H groups in total. The van der Waals surface area contributed by atoms with Crippen LogP contribution in [0.15, 0.2) is 65.3 Å². The van der Waals surface area contributed by atoms with Gasteiger partial charge in [0.15, 0.2) is 5.82 Å². The van der Waals surface area contributed by atoms with Crippen molar-refractivity contribution in [2.24, 2.45) is 0 Å². The van der Waals surface area contributed by atoms with Crippen LogP contribution in [0.3, 0.4) is 0 Å². The first kappa shape index (κ1) is 15.0. The van der Waals surface area contributed by atoms with Gasteiger partial charge in [0.2, 0.25) is 0 Å². The first-order chi connectivity index (χ1) is 12.3. The van der Waals surface area contributed by atoms with E-state index in [1.165, 1.54) is 35.2 Å². The highest BCUT2D eigenvalue weighted by molar-refractivity contribution is 9.10. The van der Waals surface area contributed by atoms with Gasteiger partial charge in [-0.2, -0.15) is 0 Å². The highest BCUT2D eigenvalue weighted by Crippen LogP contribution is 2.35. The molecule has 0 saturated heterocycles. The fraction of sp³-hybridized carbons (Fsp3) is 0.190. The molecular weight excluding hydrogens is 374 g/mol. The Hall–Kier alpha value is -2.33. The van der Waals surface area contributed by atoms with E-state index in [-0.39, 0.29) is 0 Å². The van der Waals surface area contributed by atoms with E-state index in [9.17, 15) is 0 Å². The molecule has 0 spiro atoms. The monoisotopic (exact) mass is 391 g/mol. The fourth-order valence-corrected chi connectivity index (χ4v) is 4.28. The molecule has 0 aliphatic carbocycles. The second kappa shape index (κ2) is 5.88. The molecule has 3 heterocycles. The Morgan fingerprint density at radius 2 is 1.76 bits per heavy atom. The summed E-state index contributed by atoms with van der Waals surface area (Å²) in [6.07, 6.45) is 5.72. The molecule has 3 nitrogen and oxygen atoms in total. The van der Waals surface area contributed by atoms with Crippen molar-refractivity contribution in [3.8, 4) is 22.5 Å². The van der Waals surface area contributed by atoms with Crippen molar-refractivity contribution in [2.75, 3.05) is 0 Å². The molecule has 4 heteroatoms. The van der Waals surface area contributed by atoms with Crippen LogP contribution >= 0.6 is 15.9 Å². The average Bonchev–Trinajstić information content (AvgIpc) is 3.07. The number of nitrogens with zero attached hydrogens (tertiary/aromatic N) is 3. The van der Waals surface area contributed by atoms with E-state index >= 15 is 0 Å². The van der Waals surface area contributed by atoms with Crippen LogP contribution < -0.4 is 0 Å². The molecule has 25 heavy (non-hydrogen) atoms. The largest absolute Gasteiger partial charge is 0.309 e. The van der Waals surface area contributed by atoms with E-state index in [2.05, 4.69) is 85.8 Å². The summed E-state index contributed by atoms with van der Waals surface area (Å²) in [5, 5.41) is 4.94. The van der Waals surface area contributed by atoms with Gasteiger partial charge >= 0.3 is 0 Å². The van der Waals surface area contributed by atoms with Gasteiger partial charge in [0.1, 0.15) is 5.65 Å². The van der Waals surface area contributed by atoms with Crippen LogP contribution in [0.1, 0.15) is 18.4 Å². The van der Waals surface area contributed by atoms with Gasteiger partial charge in [0.25, 0.3) is 0 Å². The summed E-state index contributed by atoms with van der Waals surface area (Å²) < 4.78 is 5.57. The zero-order valence-electron chi connectivity index (χ0n) is 13.8. The number of aromatic nitrogens is 3. The Morgan fingerprint density at radius 3 is 2.60 bits per heavy atom. The van der Waals surface area contributed by atoms with E-state index in [4.69, 9.17) is 5.10 Å². The summed E-state index contributed by atoms with van der Waals surface area (Å²) in [4.78, 5) is 0. The SMILES string of the molecule is Brc1cccc(-c2nn3cc(-c4ccccc4)c4c3n2CCCC4)c1. The summed E-state index contributed by atoms with van der Waals surface area (Å²) in [5.41, 5.74) is 6.44. The van der Waals surface area contributed by atoms with Crippen LogP contribution in [0.2, 0.25) is 0 Å². The first-order valence-electron chi connectivity index (χ1n) is 8.73. The van der Waals surface area contributed by atoms with E-state index in [0.717, 1.165) is 28.8 Å². The Kier molecular flexibility index (Phi) is 3.52. The van der Waals surface area contributed by atoms with Crippen molar-refractivity contribution in [1.82, 2.24) is 14.2 Å². The lowest BCUT2D eigenvalue weighted by Crippen LogP contribution is -1.99. The van der Waals surface area contributed by atoms with Crippen LogP contribution in [0.25, 0.3) is 28.2 Å². The second-order valence-corrected chi connectivity index (χ2v) is 7.51. The number of rotatable bonds is 2. The summed E-state index contributed by atoms with van der Waals surface area (Å²) in [7, 11) is 0. The molecule has 2 aromatic carbocycles. The molecule has 4 aromatic rings. The quantitative estimate of drug-likeness (QED) is 0.437. The van der Waals surface area contributed by atoms with Crippen LogP contribution in [-0.2, 0) is 13.0 Å².